The fraction of sp³-hybridized carbons (Fsp3) is 0.833. The first-order chi connectivity index (χ1) is 5.42. The van der Waals surface area contributed by atoms with E-state index < -0.39 is 17.9 Å². The van der Waals surface area contributed by atoms with Crippen LogP contribution in [0.3, 0.4) is 0 Å². The Labute approximate surface area is 66.4 Å². The minimum absolute atomic E-state index is 0.0908. The molecule has 0 bridgehead atoms. The summed E-state index contributed by atoms with van der Waals surface area (Å²) in [7, 11) is 0. The predicted molar refractivity (Wildman–Crippen MR) is 30.7 cm³/mol. The molecule has 0 aromatic heterocycles. The molecule has 0 radical (unpaired) electrons. The smallest absolute Gasteiger partial charge is 0.357 e. The van der Waals surface area contributed by atoms with Gasteiger partial charge in [-0.25, -0.2) is 0 Å². The van der Waals surface area contributed by atoms with E-state index in [9.17, 15) is 13.2 Å². The Hall–Kier alpha value is -0.800. The third-order valence-electron chi connectivity index (χ3n) is 1.76. The van der Waals surface area contributed by atoms with Gasteiger partial charge in [0, 0.05) is 0 Å². The third-order valence-corrected chi connectivity index (χ3v) is 1.76. The highest BCUT2D eigenvalue weighted by Gasteiger charge is 2.63. The molecule has 1 aliphatic heterocycles. The van der Waals surface area contributed by atoms with Crippen LogP contribution in [-0.4, -0.2) is 23.7 Å². The quantitative estimate of drug-likeness (QED) is 0.601. The van der Waals surface area contributed by atoms with Crippen LogP contribution in [0.2, 0.25) is 0 Å². The molecule has 1 fully saturated rings. The van der Waals surface area contributed by atoms with Crippen molar-refractivity contribution in [2.45, 2.75) is 18.4 Å². The van der Waals surface area contributed by atoms with E-state index >= 15 is 0 Å². The van der Waals surface area contributed by atoms with Crippen molar-refractivity contribution in [1.82, 2.24) is 0 Å². The lowest BCUT2D eigenvalue weighted by Crippen LogP contribution is -2.49. The Morgan fingerprint density at radius 1 is 1.58 bits per heavy atom. The van der Waals surface area contributed by atoms with E-state index in [1.54, 1.807) is 0 Å². The molecule has 1 aliphatic rings. The van der Waals surface area contributed by atoms with E-state index in [1.165, 1.54) is 6.07 Å². The number of aliphatic hydroxyl groups is 1. The molecule has 6 heteroatoms. The molecule has 1 N–H and O–H groups in total. The third kappa shape index (κ3) is 1.15. The molecule has 68 valence electrons. The summed E-state index contributed by atoms with van der Waals surface area (Å²) in [5.41, 5.74) is 0. The van der Waals surface area contributed by atoms with Gasteiger partial charge in [0.2, 0.25) is 0 Å². The molecule has 3 nitrogen and oxygen atoms in total. The van der Waals surface area contributed by atoms with Gasteiger partial charge in [-0.1, -0.05) is 0 Å². The number of halogens is 3. The van der Waals surface area contributed by atoms with E-state index in [4.69, 9.17) is 10.4 Å². The molecule has 2 atom stereocenters. The summed E-state index contributed by atoms with van der Waals surface area (Å²) in [6, 6.07) is 1.37. The van der Waals surface area contributed by atoms with Crippen LogP contribution < -0.4 is 0 Å². The number of nitriles is 1. The number of ether oxygens (including phenoxy) is 1. The van der Waals surface area contributed by atoms with Crippen LogP contribution in [0.5, 0.6) is 0 Å². The normalized spacial score (nSPS) is 36.4. The number of nitrogens with zero attached hydrogens (tertiary/aromatic N) is 1. The van der Waals surface area contributed by atoms with Gasteiger partial charge < -0.3 is 9.84 Å². The molecule has 1 heterocycles. The molecule has 0 aliphatic carbocycles. The van der Waals surface area contributed by atoms with E-state index in [1.807, 2.05) is 0 Å². The van der Waals surface area contributed by atoms with Gasteiger partial charge in [0.25, 0.3) is 5.79 Å². The van der Waals surface area contributed by atoms with Crippen LogP contribution in [-0.2, 0) is 4.74 Å². The van der Waals surface area contributed by atoms with Crippen LogP contribution in [0.15, 0.2) is 0 Å². The van der Waals surface area contributed by atoms with Crippen molar-refractivity contribution in [3.05, 3.63) is 0 Å². The van der Waals surface area contributed by atoms with Crippen LogP contribution in [0.25, 0.3) is 0 Å². The standard InChI is InChI=1S/C6H6F3NO2/c7-6(8,9)5(11)4(3-10)1-2-12-5/h4,11H,1-2H2/t4?,5-/m1/s1. The molecule has 0 aromatic rings. The minimum Gasteiger partial charge on any atom is -0.357 e. The average Bonchev–Trinajstić information content (AvgIpc) is 2.30. The zero-order valence-corrected chi connectivity index (χ0v) is 5.93. The first-order valence-corrected chi connectivity index (χ1v) is 3.24. The van der Waals surface area contributed by atoms with Crippen LogP contribution >= 0.6 is 0 Å². The first kappa shape index (κ1) is 9.29. The van der Waals surface area contributed by atoms with Crippen molar-refractivity contribution < 1.29 is 23.0 Å². The summed E-state index contributed by atoms with van der Waals surface area (Å²) in [6.45, 7) is -0.242. The molecule has 12 heavy (non-hydrogen) atoms. The lowest BCUT2D eigenvalue weighted by Gasteiger charge is -2.26. The summed E-state index contributed by atoms with van der Waals surface area (Å²) in [6.07, 6.45) is -4.99. The average molecular weight is 181 g/mol. The second-order valence-electron chi connectivity index (χ2n) is 2.51. The van der Waals surface area contributed by atoms with Crippen LogP contribution in [0.1, 0.15) is 6.42 Å². The van der Waals surface area contributed by atoms with Gasteiger partial charge in [-0.05, 0) is 6.42 Å². The SMILES string of the molecule is N#CC1CCO[C@@]1(O)C(F)(F)F. The van der Waals surface area contributed by atoms with Gasteiger partial charge in [0.1, 0.15) is 5.92 Å². The van der Waals surface area contributed by atoms with Gasteiger partial charge in [0.15, 0.2) is 0 Å². The number of hydrogen-bond acceptors (Lipinski definition) is 3. The summed E-state index contributed by atoms with van der Waals surface area (Å²) in [5, 5.41) is 17.2. The summed E-state index contributed by atoms with van der Waals surface area (Å²) in [4.78, 5) is 0. The van der Waals surface area contributed by atoms with Gasteiger partial charge in [0.05, 0.1) is 12.7 Å². The molecule has 0 spiro atoms. The van der Waals surface area contributed by atoms with Gasteiger partial charge in [-0.2, -0.15) is 18.4 Å². The molecule has 0 aromatic carbocycles. The fourth-order valence-corrected chi connectivity index (χ4v) is 1.06. The van der Waals surface area contributed by atoms with Crippen LogP contribution in [0.4, 0.5) is 13.2 Å². The molecule has 0 amide bonds. The highest BCUT2D eigenvalue weighted by molar-refractivity contribution is 5.00. The summed E-state index contributed by atoms with van der Waals surface area (Å²) in [5.74, 6) is -4.78. The Morgan fingerprint density at radius 2 is 2.17 bits per heavy atom. The molecule has 1 saturated heterocycles. The van der Waals surface area contributed by atoms with Gasteiger partial charge >= 0.3 is 6.18 Å². The number of hydrogen-bond donors (Lipinski definition) is 1. The van der Waals surface area contributed by atoms with Crippen molar-refractivity contribution >= 4 is 0 Å². The molecule has 1 rings (SSSR count). The molecular formula is C6H6F3NO2. The lowest BCUT2D eigenvalue weighted by atomic mass is 9.99. The first-order valence-electron chi connectivity index (χ1n) is 3.24. The lowest BCUT2D eigenvalue weighted by molar-refractivity contribution is -0.358. The van der Waals surface area contributed by atoms with Crippen LogP contribution in [0, 0.1) is 17.2 Å². The summed E-state index contributed by atoms with van der Waals surface area (Å²) >= 11 is 0. The largest absolute Gasteiger partial charge is 0.444 e. The summed E-state index contributed by atoms with van der Waals surface area (Å²) < 4.78 is 40.3. The van der Waals surface area contributed by atoms with Crippen molar-refractivity contribution in [3.8, 4) is 6.07 Å². The second-order valence-corrected chi connectivity index (χ2v) is 2.51. The topological polar surface area (TPSA) is 53.2 Å². The minimum atomic E-state index is -4.90. The maximum atomic E-state index is 12.1. The van der Waals surface area contributed by atoms with Crippen molar-refractivity contribution in [2.24, 2.45) is 5.92 Å². The highest BCUT2D eigenvalue weighted by atomic mass is 19.4. The van der Waals surface area contributed by atoms with Crippen molar-refractivity contribution in [3.63, 3.8) is 0 Å². The second kappa shape index (κ2) is 2.61. The zero-order chi connectivity index (χ0) is 9.41. The van der Waals surface area contributed by atoms with E-state index in [0.29, 0.717) is 0 Å². The van der Waals surface area contributed by atoms with E-state index in [0.717, 1.165) is 0 Å². The van der Waals surface area contributed by atoms with Gasteiger partial charge in [-0.15, -0.1) is 0 Å². The molecular weight excluding hydrogens is 175 g/mol. The highest BCUT2D eigenvalue weighted by Crippen LogP contribution is 2.42. The van der Waals surface area contributed by atoms with E-state index in [-0.39, 0.29) is 13.0 Å². The Morgan fingerprint density at radius 3 is 2.50 bits per heavy atom. The predicted octanol–water partition coefficient (Wildman–Crippen LogP) is 0.797. The monoisotopic (exact) mass is 181 g/mol. The number of alkyl halides is 3. The van der Waals surface area contributed by atoms with Gasteiger partial charge in [-0.3, -0.25) is 0 Å². The Kier molecular flexibility index (Phi) is 2.02. The number of rotatable bonds is 0. The fourth-order valence-electron chi connectivity index (χ4n) is 1.06. The zero-order valence-electron chi connectivity index (χ0n) is 5.93. The Balaban J connectivity index is 2.91. The van der Waals surface area contributed by atoms with Crippen molar-refractivity contribution in [1.29, 1.82) is 5.26 Å². The van der Waals surface area contributed by atoms with E-state index in [2.05, 4.69) is 4.74 Å². The maximum absolute atomic E-state index is 12.1. The maximum Gasteiger partial charge on any atom is 0.444 e. The molecule has 1 unspecified atom stereocenters. The molecule has 0 saturated carbocycles. The Bertz CT molecular complexity index is 222. The van der Waals surface area contributed by atoms with Crippen molar-refractivity contribution in [2.75, 3.05) is 6.61 Å².